The van der Waals surface area contributed by atoms with Crippen LogP contribution in [0.2, 0.25) is 0 Å². The van der Waals surface area contributed by atoms with E-state index in [1.54, 1.807) is 0 Å². The van der Waals surface area contributed by atoms with E-state index in [9.17, 15) is 14.4 Å². The molecule has 0 aliphatic carbocycles. The largest absolute Gasteiger partial charge is 0.478 e. The lowest BCUT2D eigenvalue weighted by Crippen LogP contribution is -2.33. The average Bonchev–Trinajstić information content (AvgIpc) is 3.25. The van der Waals surface area contributed by atoms with Crippen LogP contribution in [0.5, 0.6) is 0 Å². The Kier molecular flexibility index (Phi) is 11.5. The molecule has 10 heteroatoms. The van der Waals surface area contributed by atoms with Crippen LogP contribution in [0.15, 0.2) is 65.2 Å². The van der Waals surface area contributed by atoms with Crippen molar-refractivity contribution in [2.24, 2.45) is 5.92 Å². The van der Waals surface area contributed by atoms with Crippen molar-refractivity contribution in [1.82, 2.24) is 10.1 Å². The van der Waals surface area contributed by atoms with Crippen LogP contribution >= 0.6 is 0 Å². The minimum absolute atomic E-state index is 0. The van der Waals surface area contributed by atoms with Crippen LogP contribution in [-0.2, 0) is 27.3 Å². The van der Waals surface area contributed by atoms with Crippen molar-refractivity contribution >= 4 is 34.5 Å². The van der Waals surface area contributed by atoms with E-state index in [1.165, 1.54) is 25.3 Å². The number of carbonyl (C=O) groups is 3. The SMILES string of the molecule is CC(=O)Nc1ccc2onc(CCC3CCN(Cc4ccccc4)CC3)c2c1.O.O=C(O)C=CC(=O)O. The summed E-state index contributed by atoms with van der Waals surface area (Å²) < 4.78 is 5.46. The Bertz CT molecular complexity index is 1180. The van der Waals surface area contributed by atoms with Gasteiger partial charge in [-0.3, -0.25) is 9.69 Å². The molecule has 4 rings (SSSR count). The molecule has 1 saturated heterocycles. The molecule has 0 atom stereocenters. The second kappa shape index (κ2) is 14.5. The van der Waals surface area contributed by atoms with Crippen LogP contribution in [0.4, 0.5) is 5.69 Å². The van der Waals surface area contributed by atoms with Crippen molar-refractivity contribution < 1.29 is 34.6 Å². The molecule has 37 heavy (non-hydrogen) atoms. The molecule has 10 nitrogen and oxygen atoms in total. The molecule has 1 fully saturated rings. The van der Waals surface area contributed by atoms with E-state index in [-0.39, 0.29) is 11.4 Å². The number of amides is 1. The summed E-state index contributed by atoms with van der Waals surface area (Å²) in [5, 5.41) is 23.7. The minimum Gasteiger partial charge on any atom is -0.478 e. The number of nitrogens with zero attached hydrogens (tertiary/aromatic N) is 2. The van der Waals surface area contributed by atoms with Crippen LogP contribution < -0.4 is 5.32 Å². The van der Waals surface area contributed by atoms with Gasteiger partial charge in [0.1, 0.15) is 0 Å². The van der Waals surface area contributed by atoms with Crippen molar-refractivity contribution in [2.45, 2.75) is 39.2 Å². The fourth-order valence-electron chi connectivity index (χ4n) is 4.21. The van der Waals surface area contributed by atoms with Crippen LogP contribution in [0.1, 0.15) is 37.4 Å². The number of nitrogens with one attached hydrogen (secondary N) is 1. The van der Waals surface area contributed by atoms with Crippen molar-refractivity contribution in [1.29, 1.82) is 0 Å². The zero-order valence-corrected chi connectivity index (χ0v) is 20.7. The third-order valence-corrected chi connectivity index (χ3v) is 5.98. The smallest absolute Gasteiger partial charge is 0.328 e. The quantitative estimate of drug-likeness (QED) is 0.387. The number of hydrogen-bond acceptors (Lipinski definition) is 6. The van der Waals surface area contributed by atoms with E-state index in [4.69, 9.17) is 14.7 Å². The Morgan fingerprint density at radius 1 is 1.05 bits per heavy atom. The highest BCUT2D eigenvalue weighted by Crippen LogP contribution is 2.27. The van der Waals surface area contributed by atoms with E-state index in [2.05, 4.69) is 45.7 Å². The van der Waals surface area contributed by atoms with Crippen LogP contribution in [-0.4, -0.2) is 56.7 Å². The third-order valence-electron chi connectivity index (χ3n) is 5.98. The van der Waals surface area contributed by atoms with Crippen molar-refractivity contribution in [3.05, 3.63) is 71.9 Å². The summed E-state index contributed by atoms with van der Waals surface area (Å²) in [6, 6.07) is 16.4. The molecule has 2 heterocycles. The van der Waals surface area contributed by atoms with Gasteiger partial charge in [-0.2, -0.15) is 0 Å². The number of carbonyl (C=O) groups excluding carboxylic acids is 1. The molecule has 5 N–H and O–H groups in total. The van der Waals surface area contributed by atoms with E-state index in [0.717, 1.165) is 60.7 Å². The summed E-state index contributed by atoms with van der Waals surface area (Å²) in [5.41, 5.74) is 3.96. The van der Waals surface area contributed by atoms with Gasteiger partial charge in [0.2, 0.25) is 5.91 Å². The Morgan fingerprint density at radius 2 is 1.70 bits per heavy atom. The maximum atomic E-state index is 11.3. The van der Waals surface area contributed by atoms with Gasteiger partial charge >= 0.3 is 11.9 Å². The van der Waals surface area contributed by atoms with Gasteiger partial charge in [0.25, 0.3) is 0 Å². The molecule has 1 aliphatic heterocycles. The number of hydrogen-bond donors (Lipinski definition) is 3. The Hall–Kier alpha value is -4.02. The Morgan fingerprint density at radius 3 is 2.30 bits per heavy atom. The number of rotatable bonds is 8. The number of aryl methyl sites for hydroxylation is 1. The summed E-state index contributed by atoms with van der Waals surface area (Å²) >= 11 is 0. The lowest BCUT2D eigenvalue weighted by atomic mass is 9.91. The number of likely N-dealkylation sites (tertiary alicyclic amines) is 1. The average molecular weight is 512 g/mol. The highest BCUT2D eigenvalue weighted by molar-refractivity contribution is 5.92. The molecular formula is C27H33N3O7. The van der Waals surface area contributed by atoms with Crippen LogP contribution in [0.25, 0.3) is 11.0 Å². The molecule has 1 amide bonds. The second-order valence-corrected chi connectivity index (χ2v) is 8.77. The number of carboxylic acid groups (broad SMARTS) is 2. The monoisotopic (exact) mass is 511 g/mol. The first kappa shape index (κ1) is 29.2. The van der Waals surface area contributed by atoms with Crippen LogP contribution in [0, 0.1) is 5.92 Å². The fourth-order valence-corrected chi connectivity index (χ4v) is 4.21. The minimum atomic E-state index is -1.26. The third kappa shape index (κ3) is 9.86. The number of fused-ring (bicyclic) bond motifs is 1. The molecule has 1 aliphatic rings. The summed E-state index contributed by atoms with van der Waals surface area (Å²) in [4.78, 5) is 33.0. The van der Waals surface area contributed by atoms with E-state index >= 15 is 0 Å². The highest BCUT2D eigenvalue weighted by Gasteiger charge is 2.20. The Balaban J connectivity index is 0.000000467. The van der Waals surface area contributed by atoms with Crippen LogP contribution in [0.3, 0.4) is 0 Å². The molecule has 0 radical (unpaired) electrons. The lowest BCUT2D eigenvalue weighted by molar-refractivity contribution is -0.134. The van der Waals surface area contributed by atoms with Gasteiger partial charge in [0.15, 0.2) is 5.58 Å². The lowest BCUT2D eigenvalue weighted by Gasteiger charge is -2.31. The molecule has 198 valence electrons. The number of carboxylic acids is 2. The van der Waals surface area contributed by atoms with Gasteiger partial charge in [-0.25, -0.2) is 9.59 Å². The van der Waals surface area contributed by atoms with Gasteiger partial charge < -0.3 is 25.5 Å². The molecular weight excluding hydrogens is 478 g/mol. The zero-order valence-electron chi connectivity index (χ0n) is 20.7. The predicted molar refractivity (Wildman–Crippen MR) is 139 cm³/mol. The van der Waals surface area contributed by atoms with Gasteiger partial charge in [-0.1, -0.05) is 35.5 Å². The Labute approximate surface area is 214 Å². The summed E-state index contributed by atoms with van der Waals surface area (Å²) in [6.07, 6.45) is 5.63. The molecule has 0 saturated carbocycles. The summed E-state index contributed by atoms with van der Waals surface area (Å²) in [7, 11) is 0. The highest BCUT2D eigenvalue weighted by atomic mass is 16.5. The molecule has 3 aromatic rings. The normalized spacial score (nSPS) is 14.0. The number of aliphatic carboxylic acids is 2. The van der Waals surface area contributed by atoms with Crippen molar-refractivity contribution in [2.75, 3.05) is 18.4 Å². The summed E-state index contributed by atoms with van der Waals surface area (Å²) in [5.74, 6) is -1.85. The molecule has 0 bridgehead atoms. The number of anilines is 1. The number of piperidine rings is 1. The number of benzene rings is 2. The van der Waals surface area contributed by atoms with Gasteiger partial charge in [-0.05, 0) is 68.5 Å². The first-order valence-corrected chi connectivity index (χ1v) is 11.9. The molecule has 0 spiro atoms. The van der Waals surface area contributed by atoms with E-state index in [0.29, 0.717) is 12.2 Å². The topological polar surface area (TPSA) is 164 Å². The second-order valence-electron chi connectivity index (χ2n) is 8.77. The standard InChI is InChI=1S/C23H27N3O2.C4H4O4.H2O/c1-17(27)24-20-8-10-23-21(15-20)22(25-28-23)9-7-18-11-13-26(14-12-18)16-19-5-3-2-4-6-19;5-3(6)1-2-4(7)8;/h2-6,8,10,15,18H,7,9,11-14,16H2,1H3,(H,24,27);1-2H,(H,5,6)(H,7,8);1H2. The first-order chi connectivity index (χ1) is 17.3. The van der Waals surface area contributed by atoms with Gasteiger partial charge in [0, 0.05) is 36.7 Å². The predicted octanol–water partition coefficient (Wildman–Crippen LogP) is 3.52. The molecule has 2 aromatic carbocycles. The molecule has 0 unspecified atom stereocenters. The zero-order chi connectivity index (χ0) is 25.9. The van der Waals surface area contributed by atoms with Crippen molar-refractivity contribution in [3.63, 3.8) is 0 Å². The fraction of sp³-hybridized carbons (Fsp3) is 0.333. The van der Waals surface area contributed by atoms with E-state index in [1.807, 2.05) is 18.2 Å². The summed E-state index contributed by atoms with van der Waals surface area (Å²) in [6.45, 7) is 4.88. The van der Waals surface area contributed by atoms with E-state index < -0.39 is 11.9 Å². The maximum absolute atomic E-state index is 11.3. The van der Waals surface area contributed by atoms with Gasteiger partial charge in [0.05, 0.1) is 5.69 Å². The first-order valence-electron chi connectivity index (χ1n) is 11.9. The van der Waals surface area contributed by atoms with Gasteiger partial charge in [-0.15, -0.1) is 0 Å². The maximum Gasteiger partial charge on any atom is 0.328 e. The molecule has 1 aromatic heterocycles. The van der Waals surface area contributed by atoms with Crippen molar-refractivity contribution in [3.8, 4) is 0 Å². The number of aromatic nitrogens is 1.